The molecule has 3 aromatic carbocycles. The van der Waals surface area contributed by atoms with Crippen molar-refractivity contribution in [2.75, 3.05) is 18.5 Å². The zero-order valence-corrected chi connectivity index (χ0v) is 18.9. The Labute approximate surface area is 198 Å². The lowest BCUT2D eigenvalue weighted by Gasteiger charge is -2.18. The van der Waals surface area contributed by atoms with Gasteiger partial charge in [0.2, 0.25) is 0 Å². The van der Waals surface area contributed by atoms with Gasteiger partial charge in [-0.15, -0.1) is 11.3 Å². The Balaban J connectivity index is 1.27. The van der Waals surface area contributed by atoms with Crippen molar-refractivity contribution in [3.05, 3.63) is 71.2 Å². The Morgan fingerprint density at radius 2 is 1.84 bits per heavy atom. The molecular formula is C23H16ClN3O3S2. The van der Waals surface area contributed by atoms with Crippen molar-refractivity contribution in [1.82, 2.24) is 10.3 Å². The van der Waals surface area contributed by atoms with E-state index in [9.17, 15) is 4.79 Å². The Kier molecular flexibility index (Phi) is 5.65. The van der Waals surface area contributed by atoms with Crippen LogP contribution < -0.4 is 20.1 Å². The second-order valence-corrected chi connectivity index (χ2v) is 8.79. The number of amides is 1. The number of fused-ring (bicyclic) bond motifs is 2. The Bertz CT molecular complexity index is 1320. The molecule has 9 heteroatoms. The number of halogens is 1. The lowest BCUT2D eigenvalue weighted by Crippen LogP contribution is -2.34. The van der Waals surface area contributed by atoms with E-state index in [0.29, 0.717) is 41.0 Å². The number of thiocarbonyl (C=S) groups is 1. The summed E-state index contributed by atoms with van der Waals surface area (Å²) in [7, 11) is 0. The van der Waals surface area contributed by atoms with Crippen LogP contribution in [0.3, 0.4) is 0 Å². The molecule has 1 aliphatic heterocycles. The van der Waals surface area contributed by atoms with E-state index in [0.717, 1.165) is 20.8 Å². The summed E-state index contributed by atoms with van der Waals surface area (Å²) in [5.41, 5.74) is 2.85. The number of para-hydroxylation sites is 1. The second kappa shape index (κ2) is 8.74. The van der Waals surface area contributed by atoms with Gasteiger partial charge in [-0.05, 0) is 60.7 Å². The normalized spacial score (nSPS) is 12.4. The fourth-order valence-electron chi connectivity index (χ4n) is 3.28. The van der Waals surface area contributed by atoms with Crippen LogP contribution in [0.5, 0.6) is 11.5 Å². The van der Waals surface area contributed by atoms with Gasteiger partial charge in [-0.3, -0.25) is 10.1 Å². The maximum Gasteiger partial charge on any atom is 0.257 e. The van der Waals surface area contributed by atoms with Crippen LogP contribution in [0.15, 0.2) is 60.7 Å². The number of thiazole rings is 1. The van der Waals surface area contributed by atoms with Crippen molar-refractivity contribution >= 4 is 62.1 Å². The number of aromatic nitrogens is 1. The standard InChI is InChI=1S/C23H16ClN3O3S2/c24-16-12-14(6-7-15(16)22-26-17-3-1-2-4-20(17)32-22)25-23(31)27-21(28)13-5-8-18-19(11-13)30-10-9-29-18/h1-8,11-12H,9-10H2,(H2,25,27,28,31). The summed E-state index contributed by atoms with van der Waals surface area (Å²) in [6, 6.07) is 18.4. The molecule has 1 amide bonds. The van der Waals surface area contributed by atoms with E-state index in [1.54, 1.807) is 35.6 Å². The van der Waals surface area contributed by atoms with Crippen molar-refractivity contribution in [1.29, 1.82) is 0 Å². The summed E-state index contributed by atoms with van der Waals surface area (Å²) < 4.78 is 12.1. The highest BCUT2D eigenvalue weighted by Gasteiger charge is 2.16. The topological polar surface area (TPSA) is 72.5 Å². The smallest absolute Gasteiger partial charge is 0.257 e. The Morgan fingerprint density at radius 3 is 2.66 bits per heavy atom. The van der Waals surface area contributed by atoms with Crippen LogP contribution in [0.25, 0.3) is 20.8 Å². The molecule has 0 saturated carbocycles. The van der Waals surface area contributed by atoms with Gasteiger partial charge in [-0.25, -0.2) is 4.98 Å². The molecule has 0 atom stereocenters. The molecule has 0 radical (unpaired) electrons. The molecule has 0 bridgehead atoms. The largest absolute Gasteiger partial charge is 0.486 e. The van der Waals surface area contributed by atoms with Gasteiger partial charge in [0.05, 0.1) is 15.2 Å². The highest BCUT2D eigenvalue weighted by molar-refractivity contribution is 7.80. The fourth-order valence-corrected chi connectivity index (χ4v) is 4.82. The van der Waals surface area contributed by atoms with Crippen molar-refractivity contribution in [3.8, 4) is 22.1 Å². The molecule has 0 aliphatic carbocycles. The van der Waals surface area contributed by atoms with E-state index in [-0.39, 0.29) is 11.0 Å². The van der Waals surface area contributed by atoms with Crippen molar-refractivity contribution in [2.45, 2.75) is 0 Å². The molecule has 160 valence electrons. The number of rotatable bonds is 3. The first-order valence-corrected chi connectivity index (χ1v) is 11.3. The molecule has 0 unspecified atom stereocenters. The molecule has 0 saturated heterocycles. The summed E-state index contributed by atoms with van der Waals surface area (Å²) in [6.45, 7) is 0.943. The summed E-state index contributed by atoms with van der Waals surface area (Å²) in [5, 5.41) is 7.20. The van der Waals surface area contributed by atoms with Gasteiger partial charge in [0.1, 0.15) is 18.2 Å². The van der Waals surface area contributed by atoms with Crippen molar-refractivity contribution < 1.29 is 14.3 Å². The average molecular weight is 482 g/mol. The minimum Gasteiger partial charge on any atom is -0.486 e. The minimum atomic E-state index is -0.350. The molecular weight excluding hydrogens is 466 g/mol. The van der Waals surface area contributed by atoms with Gasteiger partial charge in [0.15, 0.2) is 16.6 Å². The number of nitrogens with one attached hydrogen (secondary N) is 2. The van der Waals surface area contributed by atoms with E-state index in [2.05, 4.69) is 15.6 Å². The third kappa shape index (κ3) is 4.25. The highest BCUT2D eigenvalue weighted by Crippen LogP contribution is 2.35. The van der Waals surface area contributed by atoms with E-state index in [1.807, 2.05) is 36.4 Å². The van der Waals surface area contributed by atoms with Gasteiger partial charge in [0, 0.05) is 16.8 Å². The van der Waals surface area contributed by atoms with E-state index >= 15 is 0 Å². The third-order valence-electron chi connectivity index (χ3n) is 4.78. The SMILES string of the molecule is O=C(NC(=S)Nc1ccc(-c2nc3ccccc3s2)c(Cl)c1)c1ccc2c(c1)OCCO2. The van der Waals surface area contributed by atoms with Crippen LogP contribution in [-0.2, 0) is 0 Å². The predicted octanol–water partition coefficient (Wildman–Crippen LogP) is 5.51. The van der Waals surface area contributed by atoms with Gasteiger partial charge in [-0.2, -0.15) is 0 Å². The summed E-state index contributed by atoms with van der Waals surface area (Å²) in [5.74, 6) is 0.813. The molecule has 4 aromatic rings. The second-order valence-electron chi connectivity index (χ2n) is 6.95. The predicted molar refractivity (Wildman–Crippen MR) is 131 cm³/mol. The molecule has 6 nitrogen and oxygen atoms in total. The number of hydrogen-bond acceptors (Lipinski definition) is 6. The number of anilines is 1. The lowest BCUT2D eigenvalue weighted by atomic mass is 10.2. The number of carbonyl (C=O) groups excluding carboxylic acids is 1. The quantitative estimate of drug-likeness (QED) is 0.376. The molecule has 5 rings (SSSR count). The lowest BCUT2D eigenvalue weighted by molar-refractivity contribution is 0.0976. The zero-order chi connectivity index (χ0) is 22.1. The molecule has 2 N–H and O–H groups in total. The molecule has 0 spiro atoms. The monoisotopic (exact) mass is 481 g/mol. The first-order valence-electron chi connectivity index (χ1n) is 9.74. The van der Waals surface area contributed by atoms with Gasteiger partial charge < -0.3 is 14.8 Å². The van der Waals surface area contributed by atoms with E-state index in [4.69, 9.17) is 33.3 Å². The van der Waals surface area contributed by atoms with Crippen LogP contribution in [-0.4, -0.2) is 29.2 Å². The number of carbonyl (C=O) groups is 1. The van der Waals surface area contributed by atoms with Crippen molar-refractivity contribution in [3.63, 3.8) is 0 Å². The zero-order valence-electron chi connectivity index (χ0n) is 16.6. The van der Waals surface area contributed by atoms with E-state index < -0.39 is 0 Å². The fraction of sp³-hybridized carbons (Fsp3) is 0.0870. The summed E-state index contributed by atoms with van der Waals surface area (Å²) in [6.07, 6.45) is 0. The maximum atomic E-state index is 12.6. The number of hydrogen-bond donors (Lipinski definition) is 2. The van der Waals surface area contributed by atoms with Gasteiger partial charge in [0.25, 0.3) is 5.91 Å². The third-order valence-corrected chi connectivity index (χ3v) is 6.37. The maximum absolute atomic E-state index is 12.6. The van der Waals surface area contributed by atoms with E-state index in [1.165, 1.54) is 0 Å². The van der Waals surface area contributed by atoms with Crippen LogP contribution in [0, 0.1) is 0 Å². The Hall–Kier alpha value is -3.20. The highest BCUT2D eigenvalue weighted by atomic mass is 35.5. The molecule has 32 heavy (non-hydrogen) atoms. The summed E-state index contributed by atoms with van der Waals surface area (Å²) in [4.78, 5) is 17.2. The molecule has 1 aromatic heterocycles. The first kappa shape index (κ1) is 20.7. The van der Waals surface area contributed by atoms with Crippen LogP contribution in [0.4, 0.5) is 5.69 Å². The minimum absolute atomic E-state index is 0.161. The summed E-state index contributed by atoms with van der Waals surface area (Å²) >= 11 is 13.4. The Morgan fingerprint density at radius 1 is 1.03 bits per heavy atom. The van der Waals surface area contributed by atoms with Crippen molar-refractivity contribution in [2.24, 2.45) is 0 Å². The van der Waals surface area contributed by atoms with Crippen LogP contribution >= 0.6 is 35.2 Å². The number of nitrogens with zero attached hydrogens (tertiary/aromatic N) is 1. The first-order chi connectivity index (χ1) is 15.6. The molecule has 2 heterocycles. The molecule has 1 aliphatic rings. The van der Waals surface area contributed by atoms with Crippen LogP contribution in [0.1, 0.15) is 10.4 Å². The number of ether oxygens (including phenoxy) is 2. The van der Waals surface area contributed by atoms with Gasteiger partial charge >= 0.3 is 0 Å². The number of benzene rings is 3. The molecule has 0 fully saturated rings. The van der Waals surface area contributed by atoms with Crippen LogP contribution in [0.2, 0.25) is 5.02 Å². The van der Waals surface area contributed by atoms with Gasteiger partial charge in [-0.1, -0.05) is 23.7 Å². The average Bonchev–Trinajstić information content (AvgIpc) is 3.22.